The van der Waals surface area contributed by atoms with Crippen LogP contribution in [0.25, 0.3) is 5.65 Å². The van der Waals surface area contributed by atoms with Crippen LogP contribution < -0.4 is 5.32 Å². The summed E-state index contributed by atoms with van der Waals surface area (Å²) in [4.78, 5) is 18.1. The number of anilines is 1. The van der Waals surface area contributed by atoms with Crippen molar-refractivity contribution in [2.75, 3.05) is 11.9 Å². The number of fused-ring (bicyclic) bond motifs is 1. The van der Waals surface area contributed by atoms with Crippen molar-refractivity contribution >= 4 is 29.2 Å². The molecule has 3 rings (SSSR count). The van der Waals surface area contributed by atoms with Gasteiger partial charge in [-0.05, 0) is 13.0 Å². The lowest BCUT2D eigenvalue weighted by atomic mass is 10.4. The summed E-state index contributed by atoms with van der Waals surface area (Å²) in [6, 6.07) is 3.06. The molecule has 9 nitrogen and oxygen atoms in total. The number of carbonyl (C=O) groups excluding carboxylic acids is 1. The van der Waals surface area contributed by atoms with Crippen molar-refractivity contribution in [1.29, 1.82) is 0 Å². The van der Waals surface area contributed by atoms with Gasteiger partial charge in [-0.3, -0.25) is 10.00 Å². The van der Waals surface area contributed by atoms with Crippen LogP contribution in [-0.2, 0) is 13.6 Å². The van der Waals surface area contributed by atoms with Gasteiger partial charge in [-0.15, -0.1) is 10.2 Å². The first-order valence-corrected chi connectivity index (χ1v) is 7.36. The van der Waals surface area contributed by atoms with E-state index in [9.17, 15) is 4.79 Å². The first kappa shape index (κ1) is 15.2. The Morgan fingerprint density at radius 1 is 1.48 bits per heavy atom. The lowest BCUT2D eigenvalue weighted by Gasteiger charge is -2.18. The first-order chi connectivity index (χ1) is 11.0. The van der Waals surface area contributed by atoms with Gasteiger partial charge in [0.05, 0.1) is 6.54 Å². The van der Waals surface area contributed by atoms with Crippen LogP contribution in [-0.4, -0.2) is 47.1 Å². The van der Waals surface area contributed by atoms with Gasteiger partial charge in [0.25, 0.3) is 5.95 Å². The Kier molecular flexibility index (Phi) is 4.11. The van der Waals surface area contributed by atoms with E-state index in [-0.39, 0.29) is 12.0 Å². The zero-order chi connectivity index (χ0) is 16.4. The number of hydrogen-bond acceptors (Lipinski definition) is 5. The van der Waals surface area contributed by atoms with Crippen LogP contribution in [0.3, 0.4) is 0 Å². The second kappa shape index (κ2) is 6.21. The minimum atomic E-state index is -0.305. The number of halogens is 1. The first-order valence-electron chi connectivity index (χ1n) is 6.98. The summed E-state index contributed by atoms with van der Waals surface area (Å²) in [5.41, 5.74) is 1.27. The molecule has 3 aromatic rings. The van der Waals surface area contributed by atoms with Crippen LogP contribution in [0.4, 0.5) is 10.7 Å². The van der Waals surface area contributed by atoms with Gasteiger partial charge in [-0.1, -0.05) is 16.8 Å². The van der Waals surface area contributed by atoms with Gasteiger partial charge >= 0.3 is 6.03 Å². The molecule has 3 heterocycles. The Balaban J connectivity index is 1.72. The number of carbonyl (C=O) groups is 1. The predicted molar refractivity (Wildman–Crippen MR) is 84.1 cm³/mol. The molecule has 0 saturated heterocycles. The molecule has 0 radical (unpaired) electrons. The topological polar surface area (TPSA) is 93.2 Å². The molecule has 2 amide bonds. The Morgan fingerprint density at radius 2 is 2.30 bits per heavy atom. The minimum absolute atomic E-state index is 0.217. The molecule has 120 valence electrons. The molecule has 23 heavy (non-hydrogen) atoms. The molecule has 0 aliphatic heterocycles. The predicted octanol–water partition coefficient (Wildman–Crippen LogP) is 1.57. The quantitative estimate of drug-likeness (QED) is 0.781. The fourth-order valence-corrected chi connectivity index (χ4v) is 2.23. The van der Waals surface area contributed by atoms with Gasteiger partial charge in [-0.2, -0.15) is 4.98 Å². The Bertz CT molecular complexity index is 841. The van der Waals surface area contributed by atoms with E-state index in [4.69, 9.17) is 11.6 Å². The molecule has 0 aliphatic carbocycles. The van der Waals surface area contributed by atoms with Crippen molar-refractivity contribution in [1.82, 2.24) is 34.5 Å². The maximum absolute atomic E-state index is 12.3. The number of nitrogens with zero attached hydrogens (tertiary/aromatic N) is 7. The monoisotopic (exact) mass is 334 g/mol. The zero-order valence-corrected chi connectivity index (χ0v) is 13.4. The van der Waals surface area contributed by atoms with Crippen molar-refractivity contribution in [3.63, 3.8) is 0 Å². The third-order valence-electron chi connectivity index (χ3n) is 3.19. The smallest absolute Gasteiger partial charge is 0.319 e. The number of hydrogen-bond donors (Lipinski definition) is 1. The highest BCUT2D eigenvalue weighted by molar-refractivity contribution is 6.30. The fraction of sp³-hybridized carbons (Fsp3) is 0.308. The van der Waals surface area contributed by atoms with E-state index in [1.165, 1.54) is 0 Å². The van der Waals surface area contributed by atoms with E-state index >= 15 is 0 Å². The summed E-state index contributed by atoms with van der Waals surface area (Å²) < 4.78 is 3.13. The molecule has 0 bridgehead atoms. The highest BCUT2D eigenvalue weighted by Crippen LogP contribution is 2.13. The molecule has 0 spiro atoms. The SMILES string of the molecule is CCN(Cc1cn(C)nn1)C(=O)Nc1nc2cc(Cl)ccn2n1. The summed E-state index contributed by atoms with van der Waals surface area (Å²) in [5.74, 6) is 0.217. The van der Waals surface area contributed by atoms with Crippen LogP contribution in [0.15, 0.2) is 24.5 Å². The highest BCUT2D eigenvalue weighted by Gasteiger charge is 2.16. The number of rotatable bonds is 4. The maximum atomic E-state index is 12.3. The van der Waals surface area contributed by atoms with Crippen LogP contribution in [0, 0.1) is 0 Å². The Labute approximate surface area is 136 Å². The molecular formula is C13H15ClN8O. The molecule has 0 saturated carbocycles. The maximum Gasteiger partial charge on any atom is 0.324 e. The van der Waals surface area contributed by atoms with Crippen LogP contribution in [0.1, 0.15) is 12.6 Å². The lowest BCUT2D eigenvalue weighted by Crippen LogP contribution is -2.34. The van der Waals surface area contributed by atoms with E-state index in [1.807, 2.05) is 6.92 Å². The van der Waals surface area contributed by atoms with Crippen LogP contribution in [0.5, 0.6) is 0 Å². The minimum Gasteiger partial charge on any atom is -0.319 e. The van der Waals surface area contributed by atoms with E-state index in [0.29, 0.717) is 29.5 Å². The summed E-state index contributed by atoms with van der Waals surface area (Å²) >= 11 is 5.91. The summed E-state index contributed by atoms with van der Waals surface area (Å²) in [6.45, 7) is 2.75. The molecule has 1 N–H and O–H groups in total. The number of amides is 2. The van der Waals surface area contributed by atoms with Crippen molar-refractivity contribution < 1.29 is 4.79 Å². The summed E-state index contributed by atoms with van der Waals surface area (Å²) in [5, 5.41) is 15.2. The number of aromatic nitrogens is 6. The molecule has 10 heteroatoms. The van der Waals surface area contributed by atoms with E-state index in [2.05, 4.69) is 25.7 Å². The fourth-order valence-electron chi connectivity index (χ4n) is 2.07. The number of pyridine rings is 1. The zero-order valence-electron chi connectivity index (χ0n) is 12.6. The van der Waals surface area contributed by atoms with Gasteiger partial charge in [0, 0.05) is 37.1 Å². The molecule has 3 aromatic heterocycles. The molecule has 0 aromatic carbocycles. The largest absolute Gasteiger partial charge is 0.324 e. The molecule has 0 atom stereocenters. The number of urea groups is 1. The van der Waals surface area contributed by atoms with Crippen molar-refractivity contribution in [3.05, 3.63) is 35.2 Å². The molecular weight excluding hydrogens is 320 g/mol. The normalized spacial score (nSPS) is 10.9. The van der Waals surface area contributed by atoms with E-state index in [1.54, 1.807) is 45.7 Å². The summed E-state index contributed by atoms with van der Waals surface area (Å²) in [6.07, 6.45) is 3.44. The van der Waals surface area contributed by atoms with Gasteiger partial charge in [0.2, 0.25) is 0 Å². The molecule has 0 fully saturated rings. The Hall–Kier alpha value is -2.68. The third-order valence-corrected chi connectivity index (χ3v) is 3.43. The Morgan fingerprint density at radius 3 is 3.00 bits per heavy atom. The lowest BCUT2D eigenvalue weighted by molar-refractivity contribution is 0.211. The molecule has 0 unspecified atom stereocenters. The second-order valence-electron chi connectivity index (χ2n) is 4.91. The van der Waals surface area contributed by atoms with Crippen LogP contribution in [0.2, 0.25) is 5.02 Å². The van der Waals surface area contributed by atoms with Gasteiger partial charge in [0.1, 0.15) is 5.69 Å². The van der Waals surface area contributed by atoms with Crippen molar-refractivity contribution in [2.24, 2.45) is 7.05 Å². The van der Waals surface area contributed by atoms with Crippen molar-refractivity contribution in [2.45, 2.75) is 13.5 Å². The third kappa shape index (κ3) is 3.39. The van der Waals surface area contributed by atoms with Gasteiger partial charge < -0.3 is 4.90 Å². The van der Waals surface area contributed by atoms with Crippen LogP contribution >= 0.6 is 11.6 Å². The standard InChI is InChI=1S/C13H15ClN8O/c1-3-21(8-10-7-20(2)19-17-10)13(23)16-12-15-11-6-9(14)4-5-22(11)18-12/h4-7H,3,8H2,1-2H3,(H,16,18,23). The number of nitrogens with one attached hydrogen (secondary N) is 1. The van der Waals surface area contributed by atoms with Crippen molar-refractivity contribution in [3.8, 4) is 0 Å². The average molecular weight is 335 g/mol. The van der Waals surface area contributed by atoms with E-state index in [0.717, 1.165) is 0 Å². The van der Waals surface area contributed by atoms with E-state index < -0.39 is 0 Å². The van der Waals surface area contributed by atoms with Gasteiger partial charge in [-0.25, -0.2) is 9.31 Å². The molecule has 0 aliphatic rings. The second-order valence-corrected chi connectivity index (χ2v) is 5.35. The average Bonchev–Trinajstić information content (AvgIpc) is 3.09. The summed E-state index contributed by atoms with van der Waals surface area (Å²) in [7, 11) is 1.78. The number of aryl methyl sites for hydroxylation is 1. The highest BCUT2D eigenvalue weighted by atomic mass is 35.5. The van der Waals surface area contributed by atoms with Gasteiger partial charge in [0.15, 0.2) is 5.65 Å².